The number of para-hydroxylation sites is 2. The molecule has 4 aromatic heterocycles. The summed E-state index contributed by atoms with van der Waals surface area (Å²) in [7, 11) is -2.59. The van der Waals surface area contributed by atoms with E-state index < -0.39 is 33.7 Å². The first-order chi connectivity index (χ1) is 35.3. The monoisotopic (exact) mass is 1020 g/mol. The number of unbranched alkanes of at least 4 members (excludes halogenated alkanes) is 2. The van der Waals surface area contributed by atoms with Crippen LogP contribution in [0.4, 0.5) is 30.8 Å². The van der Waals surface area contributed by atoms with E-state index in [2.05, 4.69) is 30.2 Å². The molecule has 2 fully saturated rings. The molecule has 384 valence electrons. The number of aryl methyl sites for hydroxylation is 1. The van der Waals surface area contributed by atoms with Gasteiger partial charge in [-0.2, -0.15) is 15.0 Å². The highest BCUT2D eigenvalue weighted by molar-refractivity contribution is 7.92. The van der Waals surface area contributed by atoms with E-state index in [0.717, 1.165) is 17.1 Å². The number of anilines is 3. The van der Waals surface area contributed by atoms with Crippen LogP contribution in [-0.2, 0) is 26.0 Å². The first-order valence-corrected chi connectivity index (χ1v) is 25.8. The van der Waals surface area contributed by atoms with Gasteiger partial charge in [0.05, 0.1) is 35.7 Å². The molecule has 2 aliphatic rings. The zero-order chi connectivity index (χ0) is 51.1. The maximum atomic E-state index is 16.1. The quantitative estimate of drug-likeness (QED) is 0.0651. The third-order valence-corrected chi connectivity index (χ3v) is 14.8. The molecule has 0 radical (unpaired) electrons. The summed E-state index contributed by atoms with van der Waals surface area (Å²) in [5.74, 6) is -0.294. The minimum absolute atomic E-state index is 0.0380. The topological polar surface area (TPSA) is 207 Å². The Hall–Kier alpha value is -7.24. The van der Waals surface area contributed by atoms with E-state index in [1.54, 1.807) is 61.5 Å². The second kappa shape index (κ2) is 22.7. The van der Waals surface area contributed by atoms with Crippen LogP contribution in [0, 0.1) is 12.7 Å². The first kappa shape index (κ1) is 50.7. The fraction of sp³-hybridized carbons (Fsp3) is 0.400. The summed E-state index contributed by atoms with van der Waals surface area (Å²) in [6.45, 7) is 6.59. The first-order valence-electron chi connectivity index (χ1n) is 24.2. The number of piperazine rings is 1. The lowest BCUT2D eigenvalue weighted by Crippen LogP contribution is -2.49. The molecule has 0 aliphatic carbocycles. The van der Waals surface area contributed by atoms with Crippen LogP contribution >= 0.6 is 0 Å². The molecular weight excluding hydrogens is 970 g/mol. The van der Waals surface area contributed by atoms with Gasteiger partial charge in [0.25, 0.3) is 6.43 Å². The van der Waals surface area contributed by atoms with E-state index in [1.807, 2.05) is 14.7 Å². The number of carbonyl (C=O) groups is 1. The number of ether oxygens (including phenoxy) is 2. The van der Waals surface area contributed by atoms with Crippen LogP contribution in [0.15, 0.2) is 88.3 Å². The normalized spacial score (nSPS) is 14.4. The van der Waals surface area contributed by atoms with Gasteiger partial charge < -0.3 is 33.9 Å². The van der Waals surface area contributed by atoms with Gasteiger partial charge in [-0.3, -0.25) is 13.7 Å². The number of sulfonamides is 1. The highest BCUT2D eigenvalue weighted by atomic mass is 32.2. The molecule has 9 rings (SSSR count). The van der Waals surface area contributed by atoms with E-state index in [4.69, 9.17) is 18.9 Å². The molecule has 2 saturated heterocycles. The number of nitrogens with zero attached hydrogens (tertiary/aromatic N) is 11. The largest absolute Gasteiger partial charge is 0.424 e. The summed E-state index contributed by atoms with van der Waals surface area (Å²) in [5.41, 5.74) is 1.33. The van der Waals surface area contributed by atoms with E-state index >= 15 is 4.39 Å². The number of nitrogens with one attached hydrogen (secondary N) is 1. The molecule has 1 amide bonds. The van der Waals surface area contributed by atoms with Gasteiger partial charge in [-0.25, -0.2) is 41.3 Å². The molecule has 73 heavy (non-hydrogen) atoms. The molecule has 0 atom stereocenters. The summed E-state index contributed by atoms with van der Waals surface area (Å²) < 4.78 is 90.5. The molecule has 23 heteroatoms. The zero-order valence-electron chi connectivity index (χ0n) is 40.4. The molecule has 0 spiro atoms. The number of fused-ring (bicyclic) bond motifs is 2. The van der Waals surface area contributed by atoms with Crippen LogP contribution in [0.25, 0.3) is 28.0 Å². The number of hydrogen-bond acceptors (Lipinski definition) is 16. The summed E-state index contributed by atoms with van der Waals surface area (Å²) in [6, 6.07) is 18.1. The number of alkyl halides is 2. The Morgan fingerprint density at radius 1 is 0.836 bits per heavy atom. The average Bonchev–Trinajstić information content (AvgIpc) is 3.80. The van der Waals surface area contributed by atoms with Crippen LogP contribution in [0.5, 0.6) is 11.8 Å². The van der Waals surface area contributed by atoms with Crippen LogP contribution in [-0.4, -0.2) is 132 Å². The van der Waals surface area contributed by atoms with Crippen LogP contribution < -0.4 is 29.8 Å². The second-order valence-electron chi connectivity index (χ2n) is 17.7. The third-order valence-electron chi connectivity index (χ3n) is 13.0. The smallest absolute Gasteiger partial charge is 0.340 e. The van der Waals surface area contributed by atoms with Crippen molar-refractivity contribution in [3.63, 3.8) is 0 Å². The minimum atomic E-state index is -3.91. The predicted octanol–water partition coefficient (Wildman–Crippen LogP) is 6.37. The Morgan fingerprint density at radius 3 is 2.30 bits per heavy atom. The van der Waals surface area contributed by atoms with Gasteiger partial charge in [0.15, 0.2) is 11.6 Å². The Bertz CT molecular complexity index is 3240. The Labute approximate surface area is 419 Å². The fourth-order valence-electron chi connectivity index (χ4n) is 8.92. The predicted molar refractivity (Wildman–Crippen MR) is 268 cm³/mol. The fourth-order valence-corrected chi connectivity index (χ4v) is 10.1. The minimum Gasteiger partial charge on any atom is -0.424 e. The number of morpholine rings is 1. The van der Waals surface area contributed by atoms with Gasteiger partial charge in [-0.1, -0.05) is 30.7 Å². The van der Waals surface area contributed by atoms with Crippen LogP contribution in [0.1, 0.15) is 61.0 Å². The van der Waals surface area contributed by atoms with Crippen molar-refractivity contribution < 1.29 is 40.3 Å². The average molecular weight is 1030 g/mol. The number of halogens is 3. The molecule has 7 aromatic rings. The summed E-state index contributed by atoms with van der Waals surface area (Å²) in [6.07, 6.45) is 3.01. The van der Waals surface area contributed by atoms with Crippen molar-refractivity contribution in [2.75, 3.05) is 92.5 Å². The van der Waals surface area contributed by atoms with Gasteiger partial charge in [0.1, 0.15) is 11.3 Å². The highest BCUT2D eigenvalue weighted by Crippen LogP contribution is 2.31. The van der Waals surface area contributed by atoms with Gasteiger partial charge >= 0.3 is 11.6 Å². The van der Waals surface area contributed by atoms with Gasteiger partial charge in [0.2, 0.25) is 33.8 Å². The van der Waals surface area contributed by atoms with Gasteiger partial charge in [0, 0.05) is 88.6 Å². The molecule has 6 heterocycles. The standard InChI is InChI=1S/C50H55F3N12O7S/c1-33-36-17-16-35(71-50-55-20-9-21-56-50)32-41(36)72-46(67)37(33)31-34-11-8-14-40(43(34)51)61(2)73(68,69)30-10-19-54-18-7-3-4-15-42(66)62-22-24-63(25-23-62)47-58-48(64-26-28-70-29-27-64)60-49(59-47)65-39-13-6-5-12-38(39)57-45(65)44(52)53/h5-6,8-9,11-14,16-17,20-21,32,44,54H,3-4,7,10,15,18-19,22-31H2,1-2H3. The Kier molecular flexibility index (Phi) is 15.7. The van der Waals surface area contributed by atoms with Crippen LogP contribution in [0.2, 0.25) is 0 Å². The van der Waals surface area contributed by atoms with Crippen molar-refractivity contribution in [3.8, 4) is 17.7 Å². The molecule has 19 nitrogen and oxygen atoms in total. The highest BCUT2D eigenvalue weighted by Gasteiger charge is 2.29. The van der Waals surface area contributed by atoms with Crippen molar-refractivity contribution in [2.24, 2.45) is 0 Å². The van der Waals surface area contributed by atoms with E-state index in [-0.39, 0.29) is 52.4 Å². The summed E-state index contributed by atoms with van der Waals surface area (Å²) >= 11 is 0. The molecular formula is C50H55F3N12O7S. The lowest BCUT2D eigenvalue weighted by Gasteiger charge is -2.35. The Morgan fingerprint density at radius 2 is 1.55 bits per heavy atom. The molecule has 0 bridgehead atoms. The second-order valence-corrected chi connectivity index (χ2v) is 19.8. The maximum absolute atomic E-state index is 16.1. The third kappa shape index (κ3) is 11.7. The molecule has 1 N–H and O–H groups in total. The van der Waals surface area contributed by atoms with Crippen molar-refractivity contribution in [2.45, 2.75) is 51.9 Å². The van der Waals surface area contributed by atoms with E-state index in [0.29, 0.717) is 124 Å². The number of carbonyl (C=O) groups excluding carboxylic acids is 1. The number of imidazole rings is 1. The van der Waals surface area contributed by atoms with Gasteiger partial charge in [-0.05, 0) is 86.8 Å². The number of rotatable bonds is 20. The number of amides is 1. The summed E-state index contributed by atoms with van der Waals surface area (Å²) in [5, 5.41) is 3.90. The lowest BCUT2D eigenvalue weighted by molar-refractivity contribution is -0.131. The van der Waals surface area contributed by atoms with Crippen molar-refractivity contribution in [1.82, 2.24) is 44.7 Å². The maximum Gasteiger partial charge on any atom is 0.340 e. The van der Waals surface area contributed by atoms with Crippen molar-refractivity contribution in [3.05, 3.63) is 118 Å². The molecule has 0 unspecified atom stereocenters. The van der Waals surface area contributed by atoms with Gasteiger partial charge in [-0.15, -0.1) is 0 Å². The van der Waals surface area contributed by atoms with Crippen LogP contribution in [0.3, 0.4) is 0 Å². The molecule has 2 aliphatic heterocycles. The number of aromatic nitrogens is 7. The lowest BCUT2D eigenvalue weighted by atomic mass is 9.99. The van der Waals surface area contributed by atoms with Crippen molar-refractivity contribution >= 4 is 55.5 Å². The molecule has 3 aromatic carbocycles. The zero-order valence-corrected chi connectivity index (χ0v) is 41.2. The number of hydrogen-bond donors (Lipinski definition) is 1. The van der Waals surface area contributed by atoms with E-state index in [1.165, 1.54) is 36.1 Å². The van der Waals surface area contributed by atoms with Crippen molar-refractivity contribution in [1.29, 1.82) is 0 Å². The SMILES string of the molecule is Cc1c(Cc2cccc(N(C)S(=O)(=O)CCCNCCCCCC(=O)N3CCN(c4nc(N5CCOCC5)nc(-n5c(C(F)F)nc6ccccc65)n4)CC3)c2F)c(=O)oc2cc(Oc3ncccn3)ccc12. The number of benzene rings is 3. The van der Waals surface area contributed by atoms with E-state index in [9.17, 15) is 26.8 Å². The molecule has 0 saturated carbocycles. The Balaban J connectivity index is 0.711. The summed E-state index contributed by atoms with van der Waals surface area (Å²) in [4.78, 5) is 58.5.